The molecule has 0 saturated carbocycles. The van der Waals surface area contributed by atoms with Gasteiger partial charge < -0.3 is 25.2 Å². The molecule has 0 unspecified atom stereocenters. The van der Waals surface area contributed by atoms with Crippen molar-refractivity contribution in [3.05, 3.63) is 0 Å². The fraction of sp³-hybridized carbons (Fsp3) is 0.933. The molecule has 0 fully saturated rings. The summed E-state index contributed by atoms with van der Waals surface area (Å²) in [7, 11) is 0. The molecule has 5 nitrogen and oxygen atoms in total. The largest absolute Gasteiger partial charge is 0.550 e. The van der Waals surface area contributed by atoms with E-state index in [0.29, 0.717) is 0 Å². The van der Waals surface area contributed by atoms with Crippen LogP contribution in [0.5, 0.6) is 0 Å². The van der Waals surface area contributed by atoms with Crippen LogP contribution in [0, 0.1) is 0 Å². The maximum atomic E-state index is 9.76. The average molecular weight is 343 g/mol. The predicted octanol–water partition coefficient (Wildman–Crippen LogP) is 1.48. The van der Waals surface area contributed by atoms with E-state index in [1.165, 1.54) is 0 Å². The number of aliphatic hydroxyl groups excluding tert-OH is 3. The van der Waals surface area contributed by atoms with E-state index in [9.17, 15) is 9.90 Å². The zero-order valence-corrected chi connectivity index (χ0v) is 16.3. The smallest absolute Gasteiger partial charge is 0.0483 e. The fourth-order valence-corrected chi connectivity index (χ4v) is 0.519. The molecule has 0 aliphatic carbocycles. The van der Waals surface area contributed by atoms with Crippen LogP contribution in [0.2, 0.25) is 0 Å². The van der Waals surface area contributed by atoms with Crippen molar-refractivity contribution < 1.29 is 46.9 Å². The van der Waals surface area contributed by atoms with E-state index < -0.39 is 5.97 Å². The fourth-order valence-electron chi connectivity index (χ4n) is 0.519. The van der Waals surface area contributed by atoms with Crippen LogP contribution in [0.4, 0.5) is 0 Å². The van der Waals surface area contributed by atoms with Gasteiger partial charge in [-0.3, -0.25) is 0 Å². The van der Waals surface area contributed by atoms with Gasteiger partial charge in [0.15, 0.2) is 0 Å². The van der Waals surface area contributed by atoms with Gasteiger partial charge in [0.05, 0.1) is 0 Å². The Morgan fingerprint density at radius 1 is 0.857 bits per heavy atom. The molecule has 0 heterocycles. The Labute approximate surface area is 145 Å². The molecule has 3 N–H and O–H groups in total. The first-order chi connectivity index (χ1) is 8.97. The van der Waals surface area contributed by atoms with E-state index in [2.05, 4.69) is 0 Å². The monoisotopic (exact) mass is 343 g/mol. The molecule has 0 spiro atoms. The molecule has 0 aromatic carbocycles. The first-order valence-electron chi connectivity index (χ1n) is 7.21. The molecule has 21 heavy (non-hydrogen) atoms. The number of carboxylic acids is 1. The number of hydrogen-bond donors (Lipinski definition) is 3. The number of unbranched alkanes of at least 4 members (excludes halogenated alkanes) is 2. The van der Waals surface area contributed by atoms with Gasteiger partial charge in [-0.15, -0.1) is 0 Å². The average Bonchev–Trinajstić information content (AvgIpc) is 2.14. The Kier molecular flexibility index (Phi) is 44.2. The van der Waals surface area contributed by atoms with E-state index in [-0.39, 0.29) is 46.5 Å². The van der Waals surface area contributed by atoms with Crippen molar-refractivity contribution in [2.24, 2.45) is 0 Å². The van der Waals surface area contributed by atoms with Gasteiger partial charge >= 0.3 is 0 Å². The molecule has 0 atom stereocenters. The number of rotatable bonds is 4. The van der Waals surface area contributed by atoms with Gasteiger partial charge in [-0.25, -0.2) is 0 Å². The van der Waals surface area contributed by atoms with Crippen molar-refractivity contribution in [3.63, 3.8) is 0 Å². The van der Waals surface area contributed by atoms with Crippen LogP contribution in [0.1, 0.15) is 74.1 Å². The Balaban J connectivity index is -0.0000000570. The van der Waals surface area contributed by atoms with Crippen LogP contribution in [0.3, 0.4) is 0 Å². The number of hydrogen-bond acceptors (Lipinski definition) is 5. The van der Waals surface area contributed by atoms with Crippen molar-refractivity contribution in [3.8, 4) is 0 Å². The summed E-state index contributed by atoms with van der Waals surface area (Å²) < 4.78 is 0. The Morgan fingerprint density at radius 2 is 1.10 bits per heavy atom. The van der Waals surface area contributed by atoms with Crippen molar-refractivity contribution in [2.75, 3.05) is 0 Å². The molecule has 0 aliphatic heterocycles. The number of aliphatic hydroxyl groups is 3. The molecular formula is C15H35O5Ti-. The van der Waals surface area contributed by atoms with Crippen molar-refractivity contribution >= 4 is 5.97 Å². The minimum atomic E-state index is -0.932. The number of carbonyl (C=O) groups excluding carboxylic acids is 1. The summed E-state index contributed by atoms with van der Waals surface area (Å²) in [5.41, 5.74) is 0. The third-order valence-electron chi connectivity index (χ3n) is 0.984. The molecule has 0 saturated heterocycles. The first kappa shape index (κ1) is 32.9. The summed E-state index contributed by atoms with van der Waals surface area (Å²) in [4.78, 5) is 9.76. The Morgan fingerprint density at radius 3 is 1.24 bits per heavy atom. The zero-order chi connectivity index (χ0) is 17.1. The second-order valence-electron chi connectivity index (χ2n) is 5.11. The van der Waals surface area contributed by atoms with Crippen LogP contribution in [0.25, 0.3) is 0 Å². The van der Waals surface area contributed by atoms with Crippen molar-refractivity contribution in [1.29, 1.82) is 0 Å². The summed E-state index contributed by atoms with van der Waals surface area (Å²) in [6.07, 6.45) is 2.54. The molecule has 0 aromatic rings. The predicted molar refractivity (Wildman–Crippen MR) is 81.2 cm³/mol. The normalized spacial score (nSPS) is 8.62. The standard InChI is InChI=1S/C6H12O2.3C3H8O.Ti/c1-2-3-4-5-6(7)8;3*1-3(2)4;/h2-5H2,1H3,(H,7,8);3*3-4H,1-2H3;/p-1. The maximum Gasteiger partial charge on any atom is 0.0483 e. The van der Waals surface area contributed by atoms with Crippen LogP contribution in [-0.2, 0) is 26.5 Å². The number of aliphatic carboxylic acids is 1. The van der Waals surface area contributed by atoms with Crippen LogP contribution in [-0.4, -0.2) is 39.6 Å². The van der Waals surface area contributed by atoms with Crippen molar-refractivity contribution in [1.82, 2.24) is 0 Å². The maximum absolute atomic E-state index is 9.76. The third kappa shape index (κ3) is 255. The molecule has 0 rings (SSSR count). The topological polar surface area (TPSA) is 101 Å². The molecule has 6 heteroatoms. The van der Waals surface area contributed by atoms with Gasteiger partial charge in [-0.2, -0.15) is 0 Å². The van der Waals surface area contributed by atoms with E-state index in [1.54, 1.807) is 41.5 Å². The molecular weight excluding hydrogens is 308 g/mol. The van der Waals surface area contributed by atoms with Gasteiger partial charge in [0.25, 0.3) is 0 Å². The van der Waals surface area contributed by atoms with Crippen LogP contribution < -0.4 is 5.11 Å². The van der Waals surface area contributed by atoms with Gasteiger partial charge in [0, 0.05) is 46.0 Å². The van der Waals surface area contributed by atoms with Gasteiger partial charge in [0.1, 0.15) is 0 Å². The molecule has 0 radical (unpaired) electrons. The molecule has 0 aliphatic rings. The van der Waals surface area contributed by atoms with Crippen molar-refractivity contribution in [2.45, 2.75) is 92.5 Å². The van der Waals surface area contributed by atoms with E-state index >= 15 is 0 Å². The first-order valence-corrected chi connectivity index (χ1v) is 7.21. The third-order valence-corrected chi connectivity index (χ3v) is 0.984. The molecule has 0 amide bonds. The molecule has 0 aromatic heterocycles. The molecule has 130 valence electrons. The summed E-state index contributed by atoms with van der Waals surface area (Å²) in [5, 5.41) is 33.9. The van der Waals surface area contributed by atoms with Gasteiger partial charge in [-0.1, -0.05) is 19.8 Å². The summed E-state index contributed by atoms with van der Waals surface area (Å²) >= 11 is 0. The van der Waals surface area contributed by atoms with E-state index in [1.807, 2.05) is 6.92 Å². The second kappa shape index (κ2) is 28.3. The van der Waals surface area contributed by atoms with Crippen LogP contribution in [0.15, 0.2) is 0 Å². The Hall–Kier alpha value is 0.0643. The zero-order valence-electron chi connectivity index (χ0n) is 14.7. The minimum Gasteiger partial charge on any atom is -0.550 e. The van der Waals surface area contributed by atoms with Crippen LogP contribution >= 0.6 is 0 Å². The van der Waals surface area contributed by atoms with E-state index in [4.69, 9.17) is 15.3 Å². The number of carbonyl (C=O) groups is 1. The van der Waals surface area contributed by atoms with Gasteiger partial charge in [-0.05, 0) is 54.4 Å². The molecule has 0 bridgehead atoms. The second-order valence-corrected chi connectivity index (χ2v) is 5.11. The van der Waals surface area contributed by atoms with E-state index in [0.717, 1.165) is 19.3 Å². The minimum absolute atomic E-state index is 0. The SMILES string of the molecule is CC(C)O.CC(C)O.CC(C)O.CCCCCC(=O)[O-].[Ti]. The summed E-state index contributed by atoms with van der Waals surface area (Å²) in [6.45, 7) is 12.4. The summed E-state index contributed by atoms with van der Waals surface area (Å²) in [5.74, 6) is -0.932. The Bertz CT molecular complexity index is 151. The van der Waals surface area contributed by atoms with Gasteiger partial charge in [0.2, 0.25) is 0 Å². The summed E-state index contributed by atoms with van der Waals surface area (Å²) in [6, 6.07) is 0. The number of carboxylic acid groups (broad SMARTS) is 1. The quantitative estimate of drug-likeness (QED) is 0.530.